The number of fused-ring (bicyclic) bond motifs is 6. The molecule has 1 fully saturated rings. The molecule has 2 bridgehead atoms. The summed E-state index contributed by atoms with van der Waals surface area (Å²) in [6.45, 7) is -1.37. The van der Waals surface area contributed by atoms with E-state index >= 15 is 0 Å². The number of esters is 5. The van der Waals surface area contributed by atoms with Gasteiger partial charge in [0.05, 0.1) is 40.5 Å². The Hall–Kier alpha value is -9.31. The third kappa shape index (κ3) is 8.20. The molecule has 0 spiro atoms. The van der Waals surface area contributed by atoms with Crippen LogP contribution in [-0.2, 0) is 42.8 Å². The molecule has 3 aliphatic heterocycles. The Labute approximate surface area is 380 Å². The van der Waals surface area contributed by atoms with E-state index in [9.17, 15) is 110 Å². The van der Waals surface area contributed by atoms with Crippen LogP contribution in [0.15, 0.2) is 30.3 Å². The summed E-state index contributed by atoms with van der Waals surface area (Å²) >= 11 is 0. The molecule has 0 radical (unpaired) electrons. The molecule has 0 aliphatic carbocycles. The van der Waals surface area contributed by atoms with Crippen LogP contribution in [0, 0.1) is 5.92 Å². The second-order valence-corrected chi connectivity index (χ2v) is 15.2. The van der Waals surface area contributed by atoms with Crippen LogP contribution in [0.5, 0.6) is 69.0 Å². The maximum atomic E-state index is 14.5. The third-order valence-corrected chi connectivity index (χ3v) is 11.0. The Morgan fingerprint density at radius 2 is 1.10 bits per heavy atom. The quantitative estimate of drug-likeness (QED) is 0.0621. The van der Waals surface area contributed by atoms with Gasteiger partial charge in [-0.15, -0.1) is 0 Å². The molecule has 364 valence electrons. The Morgan fingerprint density at radius 1 is 0.609 bits per heavy atom. The monoisotopic (exact) mass is 972 g/mol. The molecule has 0 saturated carbocycles. The SMILES string of the molecule is O=C(O)C[C@@H](C(=O)O[C@H]1[C@@H]2OC(=O)c3cc(O)c(O)c(O)c3-c3c(cc(O)c(O)c3O)C(=O)OC[C@H]1O[C@H](OC(=O)c1cc(O)c(O)c(O)c1)[C@H]2O)[C@H]1c2c(cc(O)c(O)c2O)C(=O)O[C@H]1C(=O)O. The molecular formula is C41H32O28. The molecule has 7 rings (SSSR count). The lowest BCUT2D eigenvalue weighted by Crippen LogP contribution is -2.62. The Bertz CT molecular complexity index is 2880. The number of phenolic OH excluding ortho intramolecular Hbond substituents is 12. The number of hydrogen-bond acceptors (Lipinski definition) is 26. The predicted octanol–water partition coefficient (Wildman–Crippen LogP) is -0.131. The number of carbonyl (C=O) groups is 7. The van der Waals surface area contributed by atoms with Gasteiger partial charge in [-0.25, -0.2) is 24.0 Å². The van der Waals surface area contributed by atoms with Crippen molar-refractivity contribution >= 4 is 41.8 Å². The van der Waals surface area contributed by atoms with Crippen LogP contribution in [0.4, 0.5) is 0 Å². The highest BCUT2D eigenvalue weighted by Crippen LogP contribution is 2.54. The van der Waals surface area contributed by atoms with E-state index in [1.165, 1.54) is 0 Å². The van der Waals surface area contributed by atoms with E-state index in [0.29, 0.717) is 30.3 Å². The normalized spacial score (nSPS) is 22.3. The van der Waals surface area contributed by atoms with Crippen molar-refractivity contribution < 1.29 is 139 Å². The number of aromatic hydroxyl groups is 12. The van der Waals surface area contributed by atoms with Crippen LogP contribution >= 0.6 is 0 Å². The van der Waals surface area contributed by atoms with Gasteiger partial charge < -0.3 is 105 Å². The fourth-order valence-corrected chi connectivity index (χ4v) is 7.79. The number of aliphatic hydroxyl groups is 1. The third-order valence-electron chi connectivity index (χ3n) is 11.0. The number of carboxylic acid groups (broad SMARTS) is 2. The maximum Gasteiger partial charge on any atom is 0.345 e. The number of rotatable bonds is 8. The summed E-state index contributed by atoms with van der Waals surface area (Å²) in [6, 6.07) is 2.33. The number of carbonyl (C=O) groups excluding carboxylic acids is 5. The number of aliphatic carboxylic acids is 2. The topological polar surface area (TPSA) is 478 Å². The van der Waals surface area contributed by atoms with Gasteiger partial charge in [-0.05, 0) is 30.3 Å². The number of aliphatic hydroxyl groups excluding tert-OH is 1. The molecule has 1 saturated heterocycles. The van der Waals surface area contributed by atoms with Crippen LogP contribution in [0.1, 0.15) is 59.3 Å². The second kappa shape index (κ2) is 17.5. The molecule has 0 unspecified atom stereocenters. The minimum atomic E-state index is -2.70. The zero-order valence-electron chi connectivity index (χ0n) is 33.9. The van der Waals surface area contributed by atoms with Gasteiger partial charge in [-0.1, -0.05) is 0 Å². The summed E-state index contributed by atoms with van der Waals surface area (Å²) in [4.78, 5) is 94.0. The van der Waals surface area contributed by atoms with Gasteiger partial charge in [0.15, 0.2) is 70.1 Å². The van der Waals surface area contributed by atoms with Gasteiger partial charge in [-0.2, -0.15) is 0 Å². The van der Waals surface area contributed by atoms with Crippen LogP contribution in [0.25, 0.3) is 11.1 Å². The largest absolute Gasteiger partial charge is 0.504 e. The molecular weight excluding hydrogens is 940 g/mol. The van der Waals surface area contributed by atoms with Crippen molar-refractivity contribution in [2.75, 3.05) is 6.61 Å². The average Bonchev–Trinajstić information content (AvgIpc) is 3.28. The Kier molecular flexibility index (Phi) is 12.1. The number of benzene rings is 4. The standard InChI is InChI=1S/C41H32O28/c42-13-1-8(2-14(43)24(13)49)36(59)69-41-31(56)34-32(66-40(63)12(6-19(47)48)23-22-11(5-17(46)27(52)30(22)55)38(61)67-33(23)35(57)58)18(65-41)7-64-37(60)9-3-15(44)25(50)28(53)20(9)21-10(39(62)68-34)4-16(45)26(51)29(21)54/h1-5,12,18,23,31-34,41-46,49-56H,6-7H2,(H,47,48)(H,57,58)/t12-,18-,23+,31+,32-,33-,34-,41-/m1/s1. The second-order valence-electron chi connectivity index (χ2n) is 15.2. The molecule has 69 heavy (non-hydrogen) atoms. The summed E-state index contributed by atoms with van der Waals surface area (Å²) in [5.74, 6) is -33.3. The van der Waals surface area contributed by atoms with E-state index in [1.807, 2.05) is 0 Å². The number of carboxylic acids is 2. The first-order valence-corrected chi connectivity index (χ1v) is 19.2. The molecule has 15 N–H and O–H groups in total. The molecule has 28 heteroatoms. The van der Waals surface area contributed by atoms with Crippen molar-refractivity contribution in [3.05, 3.63) is 58.1 Å². The van der Waals surface area contributed by atoms with Crippen LogP contribution in [-0.4, -0.2) is 162 Å². The van der Waals surface area contributed by atoms with E-state index < -0.39 is 211 Å². The highest BCUT2D eigenvalue weighted by Gasteiger charge is 2.55. The van der Waals surface area contributed by atoms with E-state index in [0.717, 1.165) is 0 Å². The smallest absolute Gasteiger partial charge is 0.345 e. The summed E-state index contributed by atoms with van der Waals surface area (Å²) < 4.78 is 32.2. The maximum absolute atomic E-state index is 14.5. The van der Waals surface area contributed by atoms with Crippen molar-refractivity contribution in [3.8, 4) is 80.1 Å². The van der Waals surface area contributed by atoms with E-state index in [-0.39, 0.29) is 0 Å². The summed E-state index contributed by atoms with van der Waals surface area (Å²) in [6.07, 6.45) is -16.8. The number of cyclic esters (lactones) is 2. The molecule has 28 nitrogen and oxygen atoms in total. The zero-order chi connectivity index (χ0) is 50.8. The Balaban J connectivity index is 1.40. The first-order chi connectivity index (χ1) is 32.3. The highest BCUT2D eigenvalue weighted by atomic mass is 16.7. The van der Waals surface area contributed by atoms with Gasteiger partial charge in [-0.3, -0.25) is 9.59 Å². The van der Waals surface area contributed by atoms with Crippen LogP contribution < -0.4 is 0 Å². The number of hydrogen-bond donors (Lipinski definition) is 15. The first kappa shape index (κ1) is 47.6. The van der Waals surface area contributed by atoms with E-state index in [4.69, 9.17) is 28.4 Å². The molecule has 3 heterocycles. The predicted molar refractivity (Wildman–Crippen MR) is 210 cm³/mol. The number of phenols is 12. The molecule has 0 amide bonds. The van der Waals surface area contributed by atoms with Crippen molar-refractivity contribution in [1.29, 1.82) is 0 Å². The van der Waals surface area contributed by atoms with Gasteiger partial charge in [0.1, 0.15) is 12.7 Å². The molecule has 0 aromatic heterocycles. The van der Waals surface area contributed by atoms with Crippen molar-refractivity contribution in [2.24, 2.45) is 5.92 Å². The van der Waals surface area contributed by atoms with E-state index in [1.54, 1.807) is 0 Å². The summed E-state index contributed by atoms with van der Waals surface area (Å²) in [7, 11) is 0. The van der Waals surface area contributed by atoms with Gasteiger partial charge in [0.2, 0.25) is 29.6 Å². The van der Waals surface area contributed by atoms with Gasteiger partial charge >= 0.3 is 41.8 Å². The lowest BCUT2D eigenvalue weighted by molar-refractivity contribution is -0.288. The minimum Gasteiger partial charge on any atom is -0.504 e. The molecule has 3 aliphatic rings. The number of ether oxygens (including phenoxy) is 6. The van der Waals surface area contributed by atoms with Crippen molar-refractivity contribution in [2.45, 2.75) is 49.1 Å². The summed E-state index contributed by atoms with van der Waals surface area (Å²) in [5, 5.41) is 157. The molecule has 4 aromatic rings. The molecule has 8 atom stereocenters. The van der Waals surface area contributed by atoms with Crippen molar-refractivity contribution in [3.63, 3.8) is 0 Å². The molecule has 4 aromatic carbocycles. The van der Waals surface area contributed by atoms with Gasteiger partial charge in [0.25, 0.3) is 0 Å². The van der Waals surface area contributed by atoms with Crippen LogP contribution in [0.3, 0.4) is 0 Å². The van der Waals surface area contributed by atoms with E-state index in [2.05, 4.69) is 0 Å². The van der Waals surface area contributed by atoms with Crippen LogP contribution in [0.2, 0.25) is 0 Å². The minimum absolute atomic E-state index is 0.332. The zero-order valence-corrected chi connectivity index (χ0v) is 33.9. The fraction of sp³-hybridized carbons (Fsp3) is 0.244. The fourth-order valence-electron chi connectivity index (χ4n) is 7.79. The summed E-state index contributed by atoms with van der Waals surface area (Å²) in [5.41, 5.74) is -7.14. The average molecular weight is 973 g/mol. The van der Waals surface area contributed by atoms with Gasteiger partial charge in [0, 0.05) is 16.7 Å². The lowest BCUT2D eigenvalue weighted by atomic mass is 9.76. The lowest BCUT2D eigenvalue weighted by Gasteiger charge is -2.43. The highest BCUT2D eigenvalue weighted by molar-refractivity contribution is 6.08. The Morgan fingerprint density at radius 3 is 1.64 bits per heavy atom. The first-order valence-electron chi connectivity index (χ1n) is 19.2. The van der Waals surface area contributed by atoms with Crippen molar-refractivity contribution in [1.82, 2.24) is 0 Å².